The molecule has 1 N–H and O–H groups in total. The first kappa shape index (κ1) is 17.3. The van der Waals surface area contributed by atoms with E-state index in [-0.39, 0.29) is 18.3 Å². The Bertz CT molecular complexity index is 475. The zero-order valence-corrected chi connectivity index (χ0v) is 14.1. The molecule has 1 saturated carbocycles. The largest absolute Gasteiger partial charge is 0.341 e. The van der Waals surface area contributed by atoms with Crippen LogP contribution in [0.3, 0.4) is 0 Å². The lowest BCUT2D eigenvalue weighted by molar-refractivity contribution is -0.132. The molecule has 3 rings (SSSR count). The highest BCUT2D eigenvalue weighted by Crippen LogP contribution is 2.32. The normalized spacial score (nSPS) is 24.7. The summed E-state index contributed by atoms with van der Waals surface area (Å²) in [4.78, 5) is 14.3. The highest BCUT2D eigenvalue weighted by Gasteiger charge is 2.29. The van der Waals surface area contributed by atoms with Crippen molar-refractivity contribution in [2.45, 2.75) is 32.1 Å². The molecule has 1 aromatic rings. The van der Waals surface area contributed by atoms with E-state index < -0.39 is 0 Å². The van der Waals surface area contributed by atoms with Crippen LogP contribution in [-0.4, -0.2) is 37.0 Å². The van der Waals surface area contributed by atoms with Crippen LogP contribution in [0.2, 0.25) is 0 Å². The third kappa shape index (κ3) is 4.47. The number of nitrogens with zero attached hydrogens (tertiary/aromatic N) is 1. The molecule has 1 amide bonds. The standard InChI is InChI=1S/C18H26N2O.ClH/c1-14-13-20(18(21)12-19-11-15-7-8-15)10-9-17(14)16-5-3-2-4-6-16;/h2-6,14-15,17,19H,7-13H2,1H3;1H. The number of piperidine rings is 1. The highest BCUT2D eigenvalue weighted by atomic mass is 35.5. The molecule has 2 unspecified atom stereocenters. The number of hydrogen-bond acceptors (Lipinski definition) is 2. The summed E-state index contributed by atoms with van der Waals surface area (Å²) in [6.07, 6.45) is 3.75. The number of rotatable bonds is 5. The van der Waals surface area contributed by atoms with Crippen molar-refractivity contribution in [1.29, 1.82) is 0 Å². The first-order valence-corrected chi connectivity index (χ1v) is 8.27. The summed E-state index contributed by atoms with van der Waals surface area (Å²) in [5.41, 5.74) is 1.42. The molecule has 122 valence electrons. The predicted molar refractivity (Wildman–Crippen MR) is 92.4 cm³/mol. The summed E-state index contributed by atoms with van der Waals surface area (Å²) >= 11 is 0. The molecule has 2 aliphatic rings. The van der Waals surface area contributed by atoms with E-state index in [1.54, 1.807) is 0 Å². The summed E-state index contributed by atoms with van der Waals surface area (Å²) in [6.45, 7) is 5.59. The molecule has 0 aromatic heterocycles. The van der Waals surface area contributed by atoms with E-state index in [0.717, 1.165) is 32.0 Å². The van der Waals surface area contributed by atoms with Crippen molar-refractivity contribution in [2.75, 3.05) is 26.2 Å². The smallest absolute Gasteiger partial charge is 0.236 e. The van der Waals surface area contributed by atoms with Crippen molar-refractivity contribution in [2.24, 2.45) is 11.8 Å². The van der Waals surface area contributed by atoms with Crippen LogP contribution in [0, 0.1) is 11.8 Å². The Morgan fingerprint density at radius 1 is 1.23 bits per heavy atom. The van der Waals surface area contributed by atoms with Crippen molar-refractivity contribution >= 4 is 18.3 Å². The lowest BCUT2D eigenvalue weighted by atomic mass is 9.81. The molecule has 1 aromatic carbocycles. The van der Waals surface area contributed by atoms with Crippen molar-refractivity contribution in [3.05, 3.63) is 35.9 Å². The van der Waals surface area contributed by atoms with Crippen molar-refractivity contribution in [1.82, 2.24) is 10.2 Å². The van der Waals surface area contributed by atoms with E-state index in [0.29, 0.717) is 18.4 Å². The minimum absolute atomic E-state index is 0. The Morgan fingerprint density at radius 3 is 2.59 bits per heavy atom. The van der Waals surface area contributed by atoms with Crippen LogP contribution < -0.4 is 5.32 Å². The van der Waals surface area contributed by atoms with E-state index >= 15 is 0 Å². The molecule has 0 bridgehead atoms. The second-order valence-corrected chi connectivity index (χ2v) is 6.70. The number of carbonyl (C=O) groups is 1. The number of halogens is 1. The van der Waals surface area contributed by atoms with Gasteiger partial charge in [-0.25, -0.2) is 0 Å². The van der Waals surface area contributed by atoms with Crippen LogP contribution in [0.5, 0.6) is 0 Å². The van der Waals surface area contributed by atoms with Gasteiger partial charge < -0.3 is 10.2 Å². The number of likely N-dealkylation sites (tertiary alicyclic amines) is 1. The maximum absolute atomic E-state index is 12.3. The van der Waals surface area contributed by atoms with Crippen LogP contribution in [0.4, 0.5) is 0 Å². The van der Waals surface area contributed by atoms with Gasteiger partial charge in [0.1, 0.15) is 0 Å². The molecule has 4 heteroatoms. The van der Waals surface area contributed by atoms with Gasteiger partial charge >= 0.3 is 0 Å². The van der Waals surface area contributed by atoms with Gasteiger partial charge in [0, 0.05) is 13.1 Å². The van der Waals surface area contributed by atoms with Crippen LogP contribution in [-0.2, 0) is 4.79 Å². The minimum atomic E-state index is 0. The van der Waals surface area contributed by atoms with Gasteiger partial charge in [-0.3, -0.25) is 4.79 Å². The molecule has 3 nitrogen and oxygen atoms in total. The summed E-state index contributed by atoms with van der Waals surface area (Å²) in [7, 11) is 0. The molecule has 1 aliphatic carbocycles. The summed E-state index contributed by atoms with van der Waals surface area (Å²) < 4.78 is 0. The molecule has 1 aliphatic heterocycles. The fourth-order valence-corrected chi connectivity index (χ4v) is 3.38. The molecular weight excluding hydrogens is 296 g/mol. The van der Waals surface area contributed by atoms with Crippen LogP contribution in [0.1, 0.15) is 37.7 Å². The van der Waals surface area contributed by atoms with Gasteiger partial charge in [-0.2, -0.15) is 0 Å². The van der Waals surface area contributed by atoms with Gasteiger partial charge in [-0.05, 0) is 49.1 Å². The van der Waals surface area contributed by atoms with Gasteiger partial charge in [0.05, 0.1) is 6.54 Å². The highest BCUT2D eigenvalue weighted by molar-refractivity contribution is 5.85. The van der Waals surface area contributed by atoms with Gasteiger partial charge in [-0.15, -0.1) is 12.4 Å². The van der Waals surface area contributed by atoms with E-state index in [9.17, 15) is 4.79 Å². The topological polar surface area (TPSA) is 32.3 Å². The lowest BCUT2D eigenvalue weighted by Gasteiger charge is -2.37. The van der Waals surface area contributed by atoms with Gasteiger partial charge in [0.2, 0.25) is 5.91 Å². The Kier molecular flexibility index (Phi) is 6.27. The van der Waals surface area contributed by atoms with Crippen LogP contribution >= 0.6 is 12.4 Å². The van der Waals surface area contributed by atoms with Gasteiger partial charge in [0.25, 0.3) is 0 Å². The van der Waals surface area contributed by atoms with E-state index in [1.807, 2.05) is 4.90 Å². The number of amides is 1. The van der Waals surface area contributed by atoms with Crippen molar-refractivity contribution < 1.29 is 4.79 Å². The summed E-state index contributed by atoms with van der Waals surface area (Å²) in [5.74, 6) is 2.23. The number of carbonyl (C=O) groups excluding carboxylic acids is 1. The Labute approximate surface area is 139 Å². The van der Waals surface area contributed by atoms with Crippen LogP contribution in [0.15, 0.2) is 30.3 Å². The molecule has 2 atom stereocenters. The van der Waals surface area contributed by atoms with E-state index in [1.165, 1.54) is 18.4 Å². The Balaban J connectivity index is 0.00000176. The molecular formula is C18H27ClN2O. The third-order valence-electron chi connectivity index (χ3n) is 4.89. The quantitative estimate of drug-likeness (QED) is 0.903. The second-order valence-electron chi connectivity index (χ2n) is 6.70. The van der Waals surface area contributed by atoms with Gasteiger partial charge in [0.15, 0.2) is 0 Å². The van der Waals surface area contributed by atoms with Crippen molar-refractivity contribution in [3.63, 3.8) is 0 Å². The number of benzene rings is 1. The first-order chi connectivity index (χ1) is 10.2. The third-order valence-corrected chi connectivity index (χ3v) is 4.89. The molecule has 1 heterocycles. The molecule has 1 saturated heterocycles. The van der Waals surface area contributed by atoms with E-state index in [4.69, 9.17) is 0 Å². The Hall–Kier alpha value is -1.06. The average Bonchev–Trinajstić information content (AvgIpc) is 3.32. The molecule has 0 spiro atoms. The fraction of sp³-hybridized carbons (Fsp3) is 0.611. The van der Waals surface area contributed by atoms with Gasteiger partial charge in [-0.1, -0.05) is 37.3 Å². The number of hydrogen-bond donors (Lipinski definition) is 1. The lowest BCUT2D eigenvalue weighted by Crippen LogP contribution is -2.45. The monoisotopic (exact) mass is 322 g/mol. The fourth-order valence-electron chi connectivity index (χ4n) is 3.38. The van der Waals surface area contributed by atoms with E-state index in [2.05, 4.69) is 42.6 Å². The second kappa shape index (κ2) is 7.98. The Morgan fingerprint density at radius 2 is 1.95 bits per heavy atom. The molecule has 2 fully saturated rings. The zero-order valence-electron chi connectivity index (χ0n) is 13.3. The maximum Gasteiger partial charge on any atom is 0.236 e. The molecule has 22 heavy (non-hydrogen) atoms. The number of nitrogens with one attached hydrogen (secondary N) is 1. The first-order valence-electron chi connectivity index (χ1n) is 8.27. The van der Waals surface area contributed by atoms with Crippen LogP contribution in [0.25, 0.3) is 0 Å². The summed E-state index contributed by atoms with van der Waals surface area (Å²) in [5, 5.41) is 3.31. The SMILES string of the molecule is CC1CN(C(=O)CNCC2CC2)CCC1c1ccccc1.Cl. The average molecular weight is 323 g/mol. The maximum atomic E-state index is 12.3. The predicted octanol–water partition coefficient (Wildman–Crippen LogP) is 3.06. The molecule has 0 radical (unpaired) electrons. The van der Waals surface area contributed by atoms with Crippen molar-refractivity contribution in [3.8, 4) is 0 Å². The minimum Gasteiger partial charge on any atom is -0.341 e. The summed E-state index contributed by atoms with van der Waals surface area (Å²) in [6, 6.07) is 10.7. The zero-order chi connectivity index (χ0) is 14.7.